The maximum atomic E-state index is 10.0. The van der Waals surface area contributed by atoms with E-state index in [2.05, 4.69) is 0 Å². The zero-order chi connectivity index (χ0) is 21.0. The van der Waals surface area contributed by atoms with Crippen molar-refractivity contribution in [2.75, 3.05) is 13.7 Å². The SMILES string of the molecule is COc1cc(O)cc(C=Cc2ccc(O[C@H]3O[C@H](CO)[C@@H](O)[C@H](O)[C@H]3O)cc2)c1. The summed E-state index contributed by atoms with van der Waals surface area (Å²) in [6, 6.07) is 11.8. The molecule has 0 aliphatic carbocycles. The van der Waals surface area contributed by atoms with Gasteiger partial charge in [0.05, 0.1) is 13.7 Å². The van der Waals surface area contributed by atoms with Crippen molar-refractivity contribution in [3.05, 3.63) is 53.6 Å². The van der Waals surface area contributed by atoms with Crippen LogP contribution in [0.15, 0.2) is 42.5 Å². The van der Waals surface area contributed by atoms with Crippen molar-refractivity contribution in [3.63, 3.8) is 0 Å². The molecule has 0 unspecified atom stereocenters. The van der Waals surface area contributed by atoms with E-state index in [1.54, 1.807) is 36.4 Å². The number of aliphatic hydroxyl groups is 4. The van der Waals surface area contributed by atoms with E-state index < -0.39 is 37.3 Å². The van der Waals surface area contributed by atoms with Gasteiger partial charge in [0, 0.05) is 6.07 Å². The van der Waals surface area contributed by atoms with Crippen LogP contribution in [0.25, 0.3) is 12.2 Å². The molecule has 3 rings (SSSR count). The Hall–Kier alpha value is -2.62. The molecule has 1 aliphatic heterocycles. The van der Waals surface area contributed by atoms with Gasteiger partial charge in [0.2, 0.25) is 6.29 Å². The number of hydrogen-bond donors (Lipinski definition) is 5. The molecule has 5 atom stereocenters. The quantitative estimate of drug-likeness (QED) is 0.446. The van der Waals surface area contributed by atoms with Crippen LogP contribution in [0.3, 0.4) is 0 Å². The lowest BCUT2D eigenvalue weighted by atomic mass is 9.99. The van der Waals surface area contributed by atoms with Crippen molar-refractivity contribution in [2.45, 2.75) is 30.7 Å². The van der Waals surface area contributed by atoms with Gasteiger partial charge in [-0.15, -0.1) is 0 Å². The van der Waals surface area contributed by atoms with Gasteiger partial charge in [0.1, 0.15) is 41.7 Å². The zero-order valence-corrected chi connectivity index (χ0v) is 15.8. The monoisotopic (exact) mass is 404 g/mol. The van der Waals surface area contributed by atoms with Crippen molar-refractivity contribution in [3.8, 4) is 17.2 Å². The Labute approximate surface area is 167 Å². The Morgan fingerprint density at radius 2 is 1.59 bits per heavy atom. The second kappa shape index (κ2) is 9.25. The second-order valence-electron chi connectivity index (χ2n) is 6.68. The van der Waals surface area contributed by atoms with Crippen LogP contribution in [0.5, 0.6) is 17.2 Å². The zero-order valence-electron chi connectivity index (χ0n) is 15.8. The molecule has 2 aromatic carbocycles. The highest BCUT2D eigenvalue weighted by molar-refractivity contribution is 5.71. The predicted octanol–water partition coefficient (Wildman–Crippen LogP) is 0.750. The number of aromatic hydroxyl groups is 1. The maximum Gasteiger partial charge on any atom is 0.229 e. The molecule has 0 aromatic heterocycles. The van der Waals surface area contributed by atoms with Crippen LogP contribution in [0.4, 0.5) is 0 Å². The van der Waals surface area contributed by atoms with Crippen molar-refractivity contribution in [2.24, 2.45) is 0 Å². The van der Waals surface area contributed by atoms with E-state index in [-0.39, 0.29) is 5.75 Å². The molecule has 8 heteroatoms. The predicted molar refractivity (Wildman–Crippen MR) is 104 cm³/mol. The molecule has 1 saturated heterocycles. The molecule has 156 valence electrons. The molecular weight excluding hydrogens is 380 g/mol. The summed E-state index contributed by atoms with van der Waals surface area (Å²) >= 11 is 0. The van der Waals surface area contributed by atoms with Gasteiger partial charge < -0.3 is 39.7 Å². The molecule has 29 heavy (non-hydrogen) atoms. The van der Waals surface area contributed by atoms with E-state index in [0.29, 0.717) is 11.5 Å². The van der Waals surface area contributed by atoms with E-state index in [4.69, 9.17) is 14.2 Å². The first-order valence-corrected chi connectivity index (χ1v) is 9.04. The molecule has 1 heterocycles. The summed E-state index contributed by atoms with van der Waals surface area (Å²) in [7, 11) is 1.52. The first-order valence-electron chi connectivity index (χ1n) is 9.04. The van der Waals surface area contributed by atoms with Gasteiger partial charge in [-0.3, -0.25) is 0 Å². The maximum absolute atomic E-state index is 10.0. The summed E-state index contributed by atoms with van der Waals surface area (Å²) in [4.78, 5) is 0. The molecule has 1 aliphatic rings. The highest BCUT2D eigenvalue weighted by Crippen LogP contribution is 2.26. The van der Waals surface area contributed by atoms with Crippen LogP contribution in [-0.2, 0) is 4.74 Å². The largest absolute Gasteiger partial charge is 0.508 e. The normalized spacial score (nSPS) is 27.1. The van der Waals surface area contributed by atoms with Crippen LogP contribution < -0.4 is 9.47 Å². The third-order valence-electron chi connectivity index (χ3n) is 4.60. The number of hydrogen-bond acceptors (Lipinski definition) is 8. The second-order valence-corrected chi connectivity index (χ2v) is 6.68. The Morgan fingerprint density at radius 3 is 2.24 bits per heavy atom. The summed E-state index contributed by atoms with van der Waals surface area (Å²) in [5.41, 5.74) is 1.62. The Kier molecular flexibility index (Phi) is 6.73. The molecule has 1 fully saturated rings. The number of phenols is 1. The van der Waals surface area contributed by atoms with Crippen LogP contribution in [0, 0.1) is 0 Å². The molecule has 0 saturated carbocycles. The van der Waals surface area contributed by atoms with Crippen molar-refractivity contribution in [1.82, 2.24) is 0 Å². The van der Waals surface area contributed by atoms with Crippen molar-refractivity contribution in [1.29, 1.82) is 0 Å². The number of benzene rings is 2. The lowest BCUT2D eigenvalue weighted by Gasteiger charge is -2.39. The lowest BCUT2D eigenvalue weighted by Crippen LogP contribution is -2.60. The summed E-state index contributed by atoms with van der Waals surface area (Å²) in [6.45, 7) is -0.519. The smallest absolute Gasteiger partial charge is 0.229 e. The average Bonchev–Trinajstić information content (AvgIpc) is 2.73. The first kappa shape index (κ1) is 21.1. The number of rotatable bonds is 6. The fourth-order valence-electron chi connectivity index (χ4n) is 2.97. The van der Waals surface area contributed by atoms with E-state index in [9.17, 15) is 25.5 Å². The first-order chi connectivity index (χ1) is 13.9. The summed E-state index contributed by atoms with van der Waals surface area (Å²) in [6.07, 6.45) is -2.99. The van der Waals surface area contributed by atoms with Gasteiger partial charge in [0.25, 0.3) is 0 Å². The summed E-state index contributed by atoms with van der Waals surface area (Å²) < 4.78 is 16.0. The third kappa shape index (κ3) is 5.06. The number of ether oxygens (including phenoxy) is 3. The van der Waals surface area contributed by atoms with E-state index >= 15 is 0 Å². The fraction of sp³-hybridized carbons (Fsp3) is 0.333. The van der Waals surface area contributed by atoms with Gasteiger partial charge in [-0.25, -0.2) is 0 Å². The molecule has 2 aromatic rings. The number of aliphatic hydroxyl groups excluding tert-OH is 4. The minimum Gasteiger partial charge on any atom is -0.508 e. The van der Waals surface area contributed by atoms with Crippen LogP contribution in [-0.4, -0.2) is 70.0 Å². The van der Waals surface area contributed by atoms with E-state index in [1.165, 1.54) is 13.2 Å². The number of methoxy groups -OCH3 is 1. The Bertz CT molecular complexity index is 833. The average molecular weight is 404 g/mol. The molecular formula is C21H24O8. The molecule has 5 N–H and O–H groups in total. The molecule has 8 nitrogen and oxygen atoms in total. The van der Waals surface area contributed by atoms with Crippen LogP contribution in [0.2, 0.25) is 0 Å². The van der Waals surface area contributed by atoms with Gasteiger partial charge in [-0.2, -0.15) is 0 Å². The van der Waals surface area contributed by atoms with Gasteiger partial charge in [-0.05, 0) is 35.4 Å². The highest BCUT2D eigenvalue weighted by atomic mass is 16.7. The van der Waals surface area contributed by atoms with Gasteiger partial charge in [-0.1, -0.05) is 24.3 Å². The minimum absolute atomic E-state index is 0.104. The molecule has 0 spiro atoms. The number of phenolic OH excluding ortho intramolecular Hbond substituents is 1. The summed E-state index contributed by atoms with van der Waals surface area (Å²) in [5.74, 6) is 1.03. The van der Waals surface area contributed by atoms with Gasteiger partial charge in [0.15, 0.2) is 0 Å². The summed E-state index contributed by atoms with van der Waals surface area (Å²) in [5, 5.41) is 48.6. The van der Waals surface area contributed by atoms with Gasteiger partial charge >= 0.3 is 0 Å². The molecule has 0 radical (unpaired) electrons. The lowest BCUT2D eigenvalue weighted by molar-refractivity contribution is -0.277. The fourth-order valence-corrected chi connectivity index (χ4v) is 2.97. The van der Waals surface area contributed by atoms with Crippen LogP contribution >= 0.6 is 0 Å². The topological polar surface area (TPSA) is 129 Å². The van der Waals surface area contributed by atoms with Crippen molar-refractivity contribution >= 4 is 12.2 Å². The third-order valence-corrected chi connectivity index (χ3v) is 4.60. The minimum atomic E-state index is -1.49. The van der Waals surface area contributed by atoms with E-state index in [1.807, 2.05) is 12.2 Å². The van der Waals surface area contributed by atoms with E-state index in [0.717, 1.165) is 11.1 Å². The highest BCUT2D eigenvalue weighted by Gasteiger charge is 2.44. The molecule has 0 amide bonds. The van der Waals surface area contributed by atoms with Crippen LogP contribution in [0.1, 0.15) is 11.1 Å². The molecule has 0 bridgehead atoms. The standard InChI is InChI=1S/C21H24O8/c1-27-16-9-13(8-14(23)10-16)3-2-12-4-6-15(7-5-12)28-21-20(26)19(25)18(24)17(11-22)29-21/h2-10,17-26H,11H2,1H3/t17-,18-,19+,20-,21+/m1/s1. The van der Waals surface area contributed by atoms with Crippen molar-refractivity contribution < 1.29 is 39.7 Å². The Morgan fingerprint density at radius 1 is 0.897 bits per heavy atom. The Balaban J connectivity index is 1.66.